The van der Waals surface area contributed by atoms with Gasteiger partial charge in [0.15, 0.2) is 12.4 Å². The highest BCUT2D eigenvalue weighted by atomic mass is 32.1. The Labute approximate surface area is 209 Å². The number of ketones is 1. The Morgan fingerprint density at radius 2 is 1.94 bits per heavy atom. The van der Waals surface area contributed by atoms with E-state index in [9.17, 15) is 19.2 Å². The molecule has 3 heterocycles. The molecule has 2 N–H and O–H groups in total. The first-order valence-corrected chi connectivity index (χ1v) is 12.0. The van der Waals surface area contributed by atoms with E-state index >= 15 is 0 Å². The summed E-state index contributed by atoms with van der Waals surface area (Å²) in [5, 5.41) is 5.89. The Hall–Kier alpha value is -4.31. The third-order valence-corrected chi connectivity index (χ3v) is 7.20. The van der Waals surface area contributed by atoms with Gasteiger partial charge in [0, 0.05) is 11.3 Å². The van der Waals surface area contributed by atoms with Crippen molar-refractivity contribution in [3.8, 4) is 5.75 Å². The van der Waals surface area contributed by atoms with Gasteiger partial charge in [0.05, 0.1) is 28.8 Å². The van der Waals surface area contributed by atoms with Crippen molar-refractivity contribution in [2.45, 2.75) is 27.3 Å². The molecule has 0 spiro atoms. The number of ether oxygens (including phenoxy) is 1. The molecule has 9 nitrogen and oxygen atoms in total. The number of carbonyl (C=O) groups excluding carboxylic acids is 3. The fourth-order valence-electron chi connectivity index (χ4n) is 4.12. The lowest BCUT2D eigenvalue weighted by molar-refractivity contribution is -0.118. The average Bonchev–Trinajstić information content (AvgIpc) is 3.19. The predicted octanol–water partition coefficient (Wildman–Crippen LogP) is 3.85. The highest BCUT2D eigenvalue weighted by Crippen LogP contribution is 2.30. The average molecular weight is 503 g/mol. The Kier molecular flexibility index (Phi) is 5.89. The number of amides is 2. The van der Waals surface area contributed by atoms with Gasteiger partial charge in [-0.15, -0.1) is 11.3 Å². The third kappa shape index (κ3) is 4.27. The standard InChI is InChI=1S/C26H22N4O5S/c1-13-4-6-17(14(2)8-13)29-24(33)23-15(3)22-25(36-23)27-12-30(26(22)34)10-19(31)16-5-7-20-18(9-16)28-21(32)11-35-20/h4-9,12H,10-11H2,1-3H3,(H,28,32)(H,29,33). The van der Waals surface area contributed by atoms with Gasteiger partial charge in [0.1, 0.15) is 10.6 Å². The van der Waals surface area contributed by atoms with Crippen molar-refractivity contribution in [3.05, 3.63) is 80.2 Å². The first-order chi connectivity index (χ1) is 17.2. The highest BCUT2D eigenvalue weighted by molar-refractivity contribution is 7.20. The maximum absolute atomic E-state index is 13.2. The van der Waals surface area contributed by atoms with Crippen molar-refractivity contribution in [2.24, 2.45) is 0 Å². The lowest BCUT2D eigenvalue weighted by Crippen LogP contribution is -2.26. The molecule has 10 heteroatoms. The lowest BCUT2D eigenvalue weighted by Gasteiger charge is -2.18. The first-order valence-electron chi connectivity index (χ1n) is 11.2. The van der Waals surface area contributed by atoms with Crippen LogP contribution in [-0.2, 0) is 11.3 Å². The van der Waals surface area contributed by atoms with E-state index in [0.29, 0.717) is 43.3 Å². The highest BCUT2D eigenvalue weighted by Gasteiger charge is 2.22. The minimum Gasteiger partial charge on any atom is -0.482 e. The van der Waals surface area contributed by atoms with Crippen LogP contribution in [0.1, 0.15) is 36.7 Å². The van der Waals surface area contributed by atoms with Crippen molar-refractivity contribution >= 4 is 50.5 Å². The van der Waals surface area contributed by atoms with E-state index in [0.717, 1.165) is 22.5 Å². The number of thiophene rings is 1. The second-order valence-corrected chi connectivity index (χ2v) is 9.66. The molecule has 1 aliphatic heterocycles. The molecule has 5 rings (SSSR count). The molecule has 2 aromatic heterocycles. The number of rotatable bonds is 5. The van der Waals surface area contributed by atoms with Crippen LogP contribution in [0.3, 0.4) is 0 Å². The number of fused-ring (bicyclic) bond motifs is 2. The van der Waals surface area contributed by atoms with E-state index in [1.807, 2.05) is 32.0 Å². The van der Waals surface area contributed by atoms with Crippen molar-refractivity contribution < 1.29 is 19.1 Å². The molecule has 2 aromatic carbocycles. The van der Waals surface area contributed by atoms with E-state index in [1.54, 1.807) is 19.1 Å². The molecule has 0 bridgehead atoms. The van der Waals surface area contributed by atoms with Gasteiger partial charge in [-0.3, -0.25) is 23.7 Å². The first kappa shape index (κ1) is 23.4. The van der Waals surface area contributed by atoms with Crippen LogP contribution in [0.25, 0.3) is 10.2 Å². The lowest BCUT2D eigenvalue weighted by atomic mass is 10.1. The number of anilines is 2. The van der Waals surface area contributed by atoms with E-state index in [4.69, 9.17) is 4.74 Å². The quantitative estimate of drug-likeness (QED) is 0.400. The molecule has 0 aliphatic carbocycles. The number of hydrogen-bond donors (Lipinski definition) is 2. The van der Waals surface area contributed by atoms with Crippen LogP contribution < -0.4 is 20.9 Å². The number of nitrogens with zero attached hydrogens (tertiary/aromatic N) is 2. The summed E-state index contributed by atoms with van der Waals surface area (Å²) >= 11 is 1.14. The Bertz CT molecular complexity index is 1640. The fourth-order valence-corrected chi connectivity index (χ4v) is 5.16. The molecule has 0 saturated carbocycles. The number of aryl methyl sites for hydroxylation is 3. The molecule has 0 saturated heterocycles. The zero-order valence-electron chi connectivity index (χ0n) is 19.8. The van der Waals surface area contributed by atoms with Crippen LogP contribution in [-0.4, -0.2) is 33.8 Å². The largest absolute Gasteiger partial charge is 0.482 e. The monoisotopic (exact) mass is 502 g/mol. The summed E-state index contributed by atoms with van der Waals surface area (Å²) in [6.07, 6.45) is 1.31. The van der Waals surface area contributed by atoms with Gasteiger partial charge in [-0.2, -0.15) is 0 Å². The SMILES string of the molecule is Cc1ccc(NC(=O)c2sc3ncn(CC(=O)c4ccc5c(c4)NC(=O)CO5)c(=O)c3c2C)c(C)c1. The second kappa shape index (κ2) is 9.04. The fraction of sp³-hybridized carbons (Fsp3) is 0.192. The zero-order chi connectivity index (χ0) is 25.6. The van der Waals surface area contributed by atoms with Gasteiger partial charge in [0.2, 0.25) is 0 Å². The topological polar surface area (TPSA) is 119 Å². The summed E-state index contributed by atoms with van der Waals surface area (Å²) in [5.41, 5.74) is 3.58. The maximum atomic E-state index is 13.2. The number of Topliss-reactive ketones (excluding diaryl/α,β-unsaturated/α-hetero) is 1. The molecule has 1 aliphatic rings. The minimum absolute atomic E-state index is 0.0774. The number of nitrogens with one attached hydrogen (secondary N) is 2. The molecule has 0 radical (unpaired) electrons. The maximum Gasteiger partial charge on any atom is 0.266 e. The van der Waals surface area contributed by atoms with Crippen LogP contribution in [0.15, 0.2) is 47.5 Å². The van der Waals surface area contributed by atoms with Crippen molar-refractivity contribution in [3.63, 3.8) is 0 Å². The normalized spacial score (nSPS) is 12.6. The van der Waals surface area contributed by atoms with E-state index in [-0.39, 0.29) is 30.7 Å². The molecule has 0 fully saturated rings. The summed E-state index contributed by atoms with van der Waals surface area (Å²) in [7, 11) is 0. The number of aromatic nitrogens is 2. The molecule has 0 unspecified atom stereocenters. The van der Waals surface area contributed by atoms with E-state index < -0.39 is 5.56 Å². The number of carbonyl (C=O) groups is 3. The van der Waals surface area contributed by atoms with Gasteiger partial charge < -0.3 is 15.4 Å². The molecular formula is C26H22N4O5S. The summed E-state index contributed by atoms with van der Waals surface area (Å²) in [6.45, 7) is 5.28. The third-order valence-electron chi connectivity index (χ3n) is 6.00. The smallest absolute Gasteiger partial charge is 0.266 e. The van der Waals surface area contributed by atoms with Gasteiger partial charge in [-0.1, -0.05) is 17.7 Å². The number of hydrogen-bond acceptors (Lipinski definition) is 7. The van der Waals surface area contributed by atoms with Crippen LogP contribution in [0.4, 0.5) is 11.4 Å². The summed E-state index contributed by atoms with van der Waals surface area (Å²) in [5.74, 6) is -0.473. The minimum atomic E-state index is -0.401. The van der Waals surface area contributed by atoms with Crippen LogP contribution >= 0.6 is 11.3 Å². The molecular weight excluding hydrogens is 480 g/mol. The molecule has 2 amide bonds. The molecule has 36 heavy (non-hydrogen) atoms. The molecule has 182 valence electrons. The zero-order valence-corrected chi connectivity index (χ0v) is 20.6. The van der Waals surface area contributed by atoms with Gasteiger partial charge in [-0.05, 0) is 56.2 Å². The predicted molar refractivity (Wildman–Crippen MR) is 137 cm³/mol. The van der Waals surface area contributed by atoms with Gasteiger partial charge >= 0.3 is 0 Å². The Morgan fingerprint density at radius 3 is 2.72 bits per heavy atom. The van der Waals surface area contributed by atoms with Crippen molar-refractivity contribution in [2.75, 3.05) is 17.2 Å². The van der Waals surface area contributed by atoms with Crippen molar-refractivity contribution in [1.29, 1.82) is 0 Å². The van der Waals surface area contributed by atoms with E-state index in [1.165, 1.54) is 17.0 Å². The summed E-state index contributed by atoms with van der Waals surface area (Å²) in [4.78, 5) is 55.9. The van der Waals surface area contributed by atoms with Gasteiger partial charge in [-0.25, -0.2) is 4.98 Å². The Morgan fingerprint density at radius 1 is 1.14 bits per heavy atom. The van der Waals surface area contributed by atoms with Crippen LogP contribution in [0, 0.1) is 20.8 Å². The molecule has 0 atom stereocenters. The van der Waals surface area contributed by atoms with Gasteiger partial charge in [0.25, 0.3) is 17.4 Å². The van der Waals surface area contributed by atoms with Crippen LogP contribution in [0.2, 0.25) is 0 Å². The number of benzene rings is 2. The second-order valence-electron chi connectivity index (χ2n) is 8.66. The summed E-state index contributed by atoms with van der Waals surface area (Å²) in [6, 6.07) is 10.5. The van der Waals surface area contributed by atoms with Crippen molar-refractivity contribution in [1.82, 2.24) is 9.55 Å². The Balaban J connectivity index is 1.42. The van der Waals surface area contributed by atoms with Crippen LogP contribution in [0.5, 0.6) is 5.75 Å². The molecule has 4 aromatic rings. The van der Waals surface area contributed by atoms with E-state index in [2.05, 4.69) is 15.6 Å². The summed E-state index contributed by atoms with van der Waals surface area (Å²) < 4.78 is 6.55.